The molecule has 2 aliphatic heterocycles. The van der Waals surface area contributed by atoms with E-state index in [0.29, 0.717) is 19.1 Å². The summed E-state index contributed by atoms with van der Waals surface area (Å²) >= 11 is 0. The second kappa shape index (κ2) is 6.97. The molecule has 0 bridgehead atoms. The number of hydrogen-bond acceptors (Lipinski definition) is 3. The van der Waals surface area contributed by atoms with Crippen LogP contribution in [0.15, 0.2) is 18.2 Å². The predicted octanol–water partition coefficient (Wildman–Crippen LogP) is 2.46. The molecule has 0 spiro atoms. The van der Waals surface area contributed by atoms with Crippen molar-refractivity contribution in [1.82, 2.24) is 9.80 Å². The molecule has 23 heavy (non-hydrogen) atoms. The molecule has 0 aromatic heterocycles. The summed E-state index contributed by atoms with van der Waals surface area (Å²) in [7, 11) is 0. The Bertz CT molecular complexity index is 570. The highest BCUT2D eigenvalue weighted by Crippen LogP contribution is 2.21. The van der Waals surface area contributed by atoms with Gasteiger partial charge in [0.25, 0.3) is 5.91 Å². The van der Waals surface area contributed by atoms with Crippen LogP contribution in [0.5, 0.6) is 0 Å². The van der Waals surface area contributed by atoms with Gasteiger partial charge < -0.3 is 9.64 Å². The molecule has 2 heterocycles. The molecule has 1 aromatic rings. The molecule has 1 unspecified atom stereocenters. The largest absolute Gasteiger partial charge is 0.376 e. The number of likely N-dealkylation sites (tertiary alicyclic amines) is 1. The van der Waals surface area contributed by atoms with Crippen LogP contribution in [0.4, 0.5) is 4.39 Å². The summed E-state index contributed by atoms with van der Waals surface area (Å²) in [5.74, 6) is -0.607. The van der Waals surface area contributed by atoms with Gasteiger partial charge in [0.1, 0.15) is 5.82 Å². The van der Waals surface area contributed by atoms with Crippen molar-refractivity contribution in [3.05, 3.63) is 35.1 Å². The van der Waals surface area contributed by atoms with Gasteiger partial charge >= 0.3 is 0 Å². The molecule has 4 nitrogen and oxygen atoms in total. The Morgan fingerprint density at radius 2 is 2.00 bits per heavy atom. The van der Waals surface area contributed by atoms with E-state index in [1.807, 2.05) is 6.92 Å². The van der Waals surface area contributed by atoms with Gasteiger partial charge in [0.05, 0.1) is 18.3 Å². The van der Waals surface area contributed by atoms with Crippen molar-refractivity contribution in [3.63, 3.8) is 0 Å². The summed E-state index contributed by atoms with van der Waals surface area (Å²) in [6.45, 7) is 8.09. The molecule has 2 fully saturated rings. The number of rotatable bonds is 2. The number of ether oxygens (including phenoxy) is 1. The van der Waals surface area contributed by atoms with E-state index in [2.05, 4.69) is 11.8 Å². The second-order valence-electron chi connectivity index (χ2n) is 6.68. The molecule has 1 amide bonds. The topological polar surface area (TPSA) is 32.8 Å². The maximum atomic E-state index is 13.9. The van der Waals surface area contributed by atoms with Crippen LogP contribution in [-0.2, 0) is 4.74 Å². The minimum atomic E-state index is -0.426. The number of aryl methyl sites for hydroxylation is 1. The van der Waals surface area contributed by atoms with Crippen LogP contribution in [0.3, 0.4) is 0 Å². The first-order valence-corrected chi connectivity index (χ1v) is 8.45. The van der Waals surface area contributed by atoms with E-state index in [9.17, 15) is 9.18 Å². The van der Waals surface area contributed by atoms with Gasteiger partial charge in [-0.15, -0.1) is 0 Å². The van der Waals surface area contributed by atoms with Crippen molar-refractivity contribution in [2.75, 3.05) is 32.8 Å². The molecule has 2 saturated heterocycles. The molecular weight excluding hydrogens is 295 g/mol. The fourth-order valence-corrected chi connectivity index (χ4v) is 3.58. The van der Waals surface area contributed by atoms with Crippen LogP contribution in [0, 0.1) is 12.7 Å². The molecule has 0 aliphatic carbocycles. The Labute approximate surface area is 137 Å². The lowest BCUT2D eigenvalue weighted by atomic mass is 10.0. The molecule has 5 heteroatoms. The number of carbonyl (C=O) groups is 1. The van der Waals surface area contributed by atoms with Crippen molar-refractivity contribution < 1.29 is 13.9 Å². The fraction of sp³-hybridized carbons (Fsp3) is 0.611. The summed E-state index contributed by atoms with van der Waals surface area (Å²) in [4.78, 5) is 16.8. The molecule has 0 saturated carbocycles. The SMILES string of the molecule is Cc1ccc(F)c(C(=O)N2CCC(N3CCOC(C)C3)CC2)c1. The molecular formula is C18H25FN2O2. The van der Waals surface area contributed by atoms with Crippen LogP contribution in [0.2, 0.25) is 0 Å². The summed E-state index contributed by atoms with van der Waals surface area (Å²) < 4.78 is 19.5. The van der Waals surface area contributed by atoms with Gasteiger partial charge in [-0.3, -0.25) is 9.69 Å². The first-order chi connectivity index (χ1) is 11.0. The quantitative estimate of drug-likeness (QED) is 0.839. The van der Waals surface area contributed by atoms with Crippen molar-refractivity contribution in [2.24, 2.45) is 0 Å². The van der Waals surface area contributed by atoms with Gasteiger partial charge in [0, 0.05) is 32.2 Å². The Hall–Kier alpha value is -1.46. The minimum absolute atomic E-state index is 0.181. The third kappa shape index (κ3) is 3.72. The van der Waals surface area contributed by atoms with Crippen molar-refractivity contribution in [1.29, 1.82) is 0 Å². The number of hydrogen-bond donors (Lipinski definition) is 0. The van der Waals surface area contributed by atoms with Gasteiger partial charge in [-0.05, 0) is 38.8 Å². The van der Waals surface area contributed by atoms with Gasteiger partial charge in [0.15, 0.2) is 0 Å². The standard InChI is InChI=1S/C18H25FN2O2/c1-13-3-4-17(19)16(11-13)18(22)20-7-5-15(6-8-20)21-9-10-23-14(2)12-21/h3-4,11,14-15H,5-10,12H2,1-2H3. The zero-order chi connectivity index (χ0) is 16.4. The van der Waals surface area contributed by atoms with Gasteiger partial charge in [0.2, 0.25) is 0 Å². The lowest BCUT2D eigenvalue weighted by Crippen LogP contribution is -2.51. The number of nitrogens with zero attached hydrogens (tertiary/aromatic N) is 2. The van der Waals surface area contributed by atoms with Crippen LogP contribution in [0.1, 0.15) is 35.7 Å². The van der Waals surface area contributed by atoms with Crippen molar-refractivity contribution in [2.45, 2.75) is 38.8 Å². The molecule has 0 N–H and O–H groups in total. The summed E-state index contributed by atoms with van der Waals surface area (Å²) in [6.07, 6.45) is 2.18. The lowest BCUT2D eigenvalue weighted by Gasteiger charge is -2.41. The van der Waals surface area contributed by atoms with Crippen LogP contribution in [-0.4, -0.2) is 60.6 Å². The van der Waals surface area contributed by atoms with E-state index in [1.54, 1.807) is 17.0 Å². The van der Waals surface area contributed by atoms with Gasteiger partial charge in [-0.2, -0.15) is 0 Å². The Balaban J connectivity index is 1.60. The molecule has 3 rings (SSSR count). The zero-order valence-electron chi connectivity index (χ0n) is 13.9. The average Bonchev–Trinajstić information content (AvgIpc) is 2.56. The van der Waals surface area contributed by atoms with Crippen LogP contribution in [0.25, 0.3) is 0 Å². The Morgan fingerprint density at radius 3 is 2.70 bits per heavy atom. The summed E-state index contributed by atoms with van der Waals surface area (Å²) in [6, 6.07) is 5.23. The first kappa shape index (κ1) is 16.4. The van der Waals surface area contributed by atoms with Crippen LogP contribution < -0.4 is 0 Å². The highest BCUT2D eigenvalue weighted by Gasteiger charge is 2.30. The van der Waals surface area contributed by atoms with E-state index >= 15 is 0 Å². The normalized spacial score (nSPS) is 24.0. The first-order valence-electron chi connectivity index (χ1n) is 8.45. The molecule has 0 radical (unpaired) electrons. The highest BCUT2D eigenvalue weighted by molar-refractivity contribution is 5.94. The number of morpholine rings is 1. The monoisotopic (exact) mass is 320 g/mol. The van der Waals surface area contributed by atoms with E-state index in [-0.39, 0.29) is 17.6 Å². The molecule has 1 atom stereocenters. The van der Waals surface area contributed by atoms with Gasteiger partial charge in [-0.1, -0.05) is 11.6 Å². The highest BCUT2D eigenvalue weighted by atomic mass is 19.1. The van der Waals surface area contributed by atoms with E-state index in [4.69, 9.17) is 4.74 Å². The summed E-state index contributed by atoms with van der Waals surface area (Å²) in [5, 5.41) is 0. The average molecular weight is 320 g/mol. The lowest BCUT2D eigenvalue weighted by molar-refractivity contribution is -0.0423. The van der Waals surface area contributed by atoms with E-state index < -0.39 is 5.82 Å². The van der Waals surface area contributed by atoms with E-state index in [0.717, 1.165) is 38.1 Å². The maximum absolute atomic E-state index is 13.9. The Morgan fingerprint density at radius 1 is 1.26 bits per heavy atom. The predicted molar refractivity (Wildman–Crippen MR) is 87.0 cm³/mol. The van der Waals surface area contributed by atoms with E-state index in [1.165, 1.54) is 6.07 Å². The number of halogens is 1. The van der Waals surface area contributed by atoms with Crippen molar-refractivity contribution >= 4 is 5.91 Å². The number of amides is 1. The number of piperidine rings is 1. The smallest absolute Gasteiger partial charge is 0.256 e. The fourth-order valence-electron chi connectivity index (χ4n) is 3.58. The molecule has 126 valence electrons. The number of carbonyl (C=O) groups excluding carboxylic acids is 1. The zero-order valence-corrected chi connectivity index (χ0v) is 13.9. The third-order valence-electron chi connectivity index (χ3n) is 4.89. The summed E-state index contributed by atoms with van der Waals surface area (Å²) in [5.41, 5.74) is 1.11. The minimum Gasteiger partial charge on any atom is -0.376 e. The second-order valence-corrected chi connectivity index (χ2v) is 6.68. The number of benzene rings is 1. The Kier molecular flexibility index (Phi) is 4.97. The maximum Gasteiger partial charge on any atom is 0.256 e. The van der Waals surface area contributed by atoms with Gasteiger partial charge in [-0.25, -0.2) is 4.39 Å². The van der Waals surface area contributed by atoms with Crippen molar-refractivity contribution in [3.8, 4) is 0 Å². The molecule has 1 aromatic carbocycles. The molecule has 2 aliphatic rings. The third-order valence-corrected chi connectivity index (χ3v) is 4.89. The van der Waals surface area contributed by atoms with Crippen LogP contribution >= 0.6 is 0 Å².